The molecule has 0 radical (unpaired) electrons. The third-order valence-corrected chi connectivity index (χ3v) is 7.09. The first kappa shape index (κ1) is 24.1. The molecule has 0 bridgehead atoms. The lowest BCUT2D eigenvalue weighted by Gasteiger charge is -2.26. The minimum atomic E-state index is -0.496. The number of methoxy groups -OCH3 is 2. The first-order valence-corrected chi connectivity index (χ1v) is 12.3. The van der Waals surface area contributed by atoms with Crippen molar-refractivity contribution in [1.82, 2.24) is 14.8 Å². The Morgan fingerprint density at radius 1 is 1.09 bits per heavy atom. The third-order valence-electron chi connectivity index (χ3n) is 6.03. The molecule has 9 heteroatoms. The molecule has 7 nitrogen and oxygen atoms in total. The van der Waals surface area contributed by atoms with E-state index in [0.29, 0.717) is 16.7 Å². The molecule has 1 N–H and O–H groups in total. The molecule has 2 aromatic carbocycles. The quantitative estimate of drug-likeness (QED) is 0.412. The Morgan fingerprint density at radius 2 is 1.82 bits per heavy atom. The number of benzene rings is 2. The molecule has 1 amide bonds. The Balaban J connectivity index is 1.63. The fraction of sp³-hybridized carbons (Fsp3) is 0.400. The number of amides is 1. The molecule has 1 saturated carbocycles. The van der Waals surface area contributed by atoms with E-state index in [4.69, 9.17) is 9.47 Å². The van der Waals surface area contributed by atoms with Crippen molar-refractivity contribution in [3.63, 3.8) is 0 Å². The zero-order valence-corrected chi connectivity index (χ0v) is 20.4. The molecule has 0 aliphatic heterocycles. The van der Waals surface area contributed by atoms with Gasteiger partial charge in [0.2, 0.25) is 5.91 Å². The number of rotatable bonds is 8. The first-order valence-electron chi connectivity index (χ1n) is 11.4. The molecule has 1 atom stereocenters. The van der Waals surface area contributed by atoms with Gasteiger partial charge in [-0.3, -0.25) is 9.36 Å². The van der Waals surface area contributed by atoms with E-state index < -0.39 is 11.1 Å². The van der Waals surface area contributed by atoms with Crippen LogP contribution in [0, 0.1) is 5.82 Å². The molecule has 1 fully saturated rings. The second-order valence-corrected chi connectivity index (χ2v) is 9.57. The minimum Gasteiger partial charge on any atom is -0.493 e. The Labute approximate surface area is 203 Å². The zero-order valence-electron chi connectivity index (χ0n) is 19.6. The number of carbonyl (C=O) groups is 1. The van der Waals surface area contributed by atoms with E-state index in [1.165, 1.54) is 24.2 Å². The lowest BCUT2D eigenvalue weighted by atomic mass is 9.95. The van der Waals surface area contributed by atoms with Crippen LogP contribution in [0.2, 0.25) is 0 Å². The molecule has 1 aliphatic carbocycles. The predicted molar refractivity (Wildman–Crippen MR) is 131 cm³/mol. The molecule has 1 heterocycles. The van der Waals surface area contributed by atoms with Crippen LogP contribution < -0.4 is 14.8 Å². The summed E-state index contributed by atoms with van der Waals surface area (Å²) in [5, 5.41) is 11.8. The van der Waals surface area contributed by atoms with Gasteiger partial charge in [-0.15, -0.1) is 10.2 Å². The van der Waals surface area contributed by atoms with Crippen LogP contribution in [0.3, 0.4) is 0 Å². The second-order valence-electron chi connectivity index (χ2n) is 8.27. The van der Waals surface area contributed by atoms with E-state index in [1.807, 2.05) is 18.2 Å². The number of para-hydroxylation sites is 1. The number of thioether (sulfide) groups is 1. The van der Waals surface area contributed by atoms with E-state index in [1.54, 1.807) is 39.3 Å². The summed E-state index contributed by atoms with van der Waals surface area (Å²) in [4.78, 5) is 12.8. The van der Waals surface area contributed by atoms with E-state index in [0.717, 1.165) is 37.1 Å². The number of hydrogen-bond donors (Lipinski definition) is 1. The molecule has 3 aromatic rings. The number of halogens is 1. The molecular formula is C25H29FN4O3S. The minimum absolute atomic E-state index is 0.166. The third kappa shape index (κ3) is 5.19. The van der Waals surface area contributed by atoms with E-state index in [-0.39, 0.29) is 17.6 Å². The van der Waals surface area contributed by atoms with Crippen molar-refractivity contribution >= 4 is 23.4 Å². The van der Waals surface area contributed by atoms with Crippen LogP contribution in [0.1, 0.15) is 45.1 Å². The van der Waals surface area contributed by atoms with Gasteiger partial charge in [0.1, 0.15) is 5.82 Å². The van der Waals surface area contributed by atoms with E-state index >= 15 is 0 Å². The van der Waals surface area contributed by atoms with Crippen LogP contribution >= 0.6 is 11.8 Å². The van der Waals surface area contributed by atoms with Crippen molar-refractivity contribution in [3.8, 4) is 22.9 Å². The van der Waals surface area contributed by atoms with Gasteiger partial charge in [-0.1, -0.05) is 43.2 Å². The highest BCUT2D eigenvalue weighted by Gasteiger charge is 2.27. The lowest BCUT2D eigenvalue weighted by Crippen LogP contribution is -2.24. The Kier molecular flexibility index (Phi) is 7.72. The van der Waals surface area contributed by atoms with E-state index in [2.05, 4.69) is 20.1 Å². The molecule has 180 valence electrons. The van der Waals surface area contributed by atoms with Gasteiger partial charge < -0.3 is 14.8 Å². The van der Waals surface area contributed by atoms with Crippen LogP contribution in [0.15, 0.2) is 47.6 Å². The van der Waals surface area contributed by atoms with Crippen molar-refractivity contribution in [2.45, 2.75) is 55.5 Å². The van der Waals surface area contributed by atoms with Gasteiger partial charge in [-0.2, -0.15) is 0 Å². The maximum absolute atomic E-state index is 14.0. The highest BCUT2D eigenvalue weighted by Crippen LogP contribution is 2.38. The maximum Gasteiger partial charge on any atom is 0.237 e. The van der Waals surface area contributed by atoms with Gasteiger partial charge in [0.15, 0.2) is 22.5 Å². The topological polar surface area (TPSA) is 78.3 Å². The molecule has 1 aliphatic rings. The van der Waals surface area contributed by atoms with Crippen molar-refractivity contribution in [3.05, 3.63) is 48.3 Å². The molecule has 0 saturated heterocycles. The fourth-order valence-corrected chi connectivity index (χ4v) is 5.13. The SMILES string of the molecule is COc1ccc(-c2nnc(SC(C)C(=O)Nc3ccccc3F)n2C2CCCCC2)cc1OC. The first-order chi connectivity index (χ1) is 16.5. The van der Waals surface area contributed by atoms with Crippen LogP contribution in [-0.4, -0.2) is 40.1 Å². The summed E-state index contributed by atoms with van der Waals surface area (Å²) in [5.74, 6) is 1.24. The monoisotopic (exact) mass is 484 g/mol. The Bertz CT molecular complexity index is 1150. The number of anilines is 1. The molecule has 0 spiro atoms. The highest BCUT2D eigenvalue weighted by atomic mass is 32.2. The standard InChI is InChI=1S/C25H29FN4O3S/c1-16(24(31)27-20-12-8-7-11-19(20)26)34-25-29-28-23(30(25)18-9-5-4-6-10-18)17-13-14-21(32-2)22(15-17)33-3/h7-8,11-16,18H,4-6,9-10H2,1-3H3,(H,27,31). The van der Waals surface area contributed by atoms with Crippen LogP contribution in [0.4, 0.5) is 10.1 Å². The van der Waals surface area contributed by atoms with Crippen LogP contribution in [-0.2, 0) is 4.79 Å². The Hall–Kier alpha value is -3.07. The van der Waals surface area contributed by atoms with Crippen molar-refractivity contribution in [2.24, 2.45) is 0 Å². The van der Waals surface area contributed by atoms with Gasteiger partial charge in [0, 0.05) is 11.6 Å². The number of aromatic nitrogens is 3. The number of ether oxygens (including phenoxy) is 2. The number of nitrogens with one attached hydrogen (secondary N) is 1. The molecule has 34 heavy (non-hydrogen) atoms. The van der Waals surface area contributed by atoms with Crippen molar-refractivity contribution in [1.29, 1.82) is 0 Å². The summed E-state index contributed by atoms with van der Waals surface area (Å²) in [5.41, 5.74) is 1.03. The lowest BCUT2D eigenvalue weighted by molar-refractivity contribution is -0.115. The average molecular weight is 485 g/mol. The molecule has 1 aromatic heterocycles. The summed E-state index contributed by atoms with van der Waals surface area (Å²) in [7, 11) is 3.20. The largest absolute Gasteiger partial charge is 0.493 e. The average Bonchev–Trinajstić information content (AvgIpc) is 3.28. The molecule has 4 rings (SSSR count). The van der Waals surface area contributed by atoms with Crippen LogP contribution in [0.5, 0.6) is 11.5 Å². The Morgan fingerprint density at radius 3 is 2.53 bits per heavy atom. The smallest absolute Gasteiger partial charge is 0.237 e. The summed E-state index contributed by atoms with van der Waals surface area (Å²) in [6, 6.07) is 12.1. The van der Waals surface area contributed by atoms with Crippen molar-refractivity contribution < 1.29 is 18.7 Å². The zero-order chi connectivity index (χ0) is 24.1. The van der Waals surface area contributed by atoms with Gasteiger partial charge in [-0.05, 0) is 50.1 Å². The summed E-state index contributed by atoms with van der Waals surface area (Å²) < 4.78 is 27.0. The van der Waals surface area contributed by atoms with Gasteiger partial charge >= 0.3 is 0 Å². The highest BCUT2D eigenvalue weighted by molar-refractivity contribution is 8.00. The maximum atomic E-state index is 14.0. The van der Waals surface area contributed by atoms with Crippen molar-refractivity contribution in [2.75, 3.05) is 19.5 Å². The summed E-state index contributed by atoms with van der Waals surface area (Å²) >= 11 is 1.33. The fourth-order valence-electron chi connectivity index (χ4n) is 4.21. The normalized spacial score (nSPS) is 15.1. The number of nitrogens with zero attached hydrogens (tertiary/aromatic N) is 3. The number of hydrogen-bond acceptors (Lipinski definition) is 6. The second kappa shape index (κ2) is 10.9. The van der Waals surface area contributed by atoms with Gasteiger partial charge in [-0.25, -0.2) is 4.39 Å². The summed E-state index contributed by atoms with van der Waals surface area (Å²) in [6.45, 7) is 1.79. The molecule has 1 unspecified atom stereocenters. The van der Waals surface area contributed by atoms with Gasteiger partial charge in [0.05, 0.1) is 25.2 Å². The van der Waals surface area contributed by atoms with Crippen LogP contribution in [0.25, 0.3) is 11.4 Å². The predicted octanol–water partition coefficient (Wildman–Crippen LogP) is 5.73. The number of carbonyl (C=O) groups excluding carboxylic acids is 1. The molecular weight excluding hydrogens is 455 g/mol. The van der Waals surface area contributed by atoms with E-state index in [9.17, 15) is 9.18 Å². The summed E-state index contributed by atoms with van der Waals surface area (Å²) in [6.07, 6.45) is 5.56. The van der Waals surface area contributed by atoms with Gasteiger partial charge in [0.25, 0.3) is 0 Å².